The summed E-state index contributed by atoms with van der Waals surface area (Å²) >= 11 is 0. The SMILES string of the molecule is CCC1CC2CCC(NC(=O)c3ccncc3)C(C1)C2. The number of aromatic nitrogens is 1. The number of hydrogen-bond donors (Lipinski definition) is 1. The summed E-state index contributed by atoms with van der Waals surface area (Å²) in [6.07, 6.45) is 11.1. The summed E-state index contributed by atoms with van der Waals surface area (Å²) < 4.78 is 0. The Bertz CT molecular complexity index is 459. The van der Waals surface area contributed by atoms with Gasteiger partial charge in [-0.15, -0.1) is 0 Å². The fourth-order valence-corrected chi connectivity index (χ4v) is 4.11. The molecule has 2 aliphatic carbocycles. The van der Waals surface area contributed by atoms with E-state index in [4.69, 9.17) is 0 Å². The van der Waals surface area contributed by atoms with E-state index < -0.39 is 0 Å². The van der Waals surface area contributed by atoms with Crippen LogP contribution in [0.3, 0.4) is 0 Å². The number of nitrogens with zero attached hydrogens (tertiary/aromatic N) is 1. The molecule has 3 heteroatoms. The summed E-state index contributed by atoms with van der Waals surface area (Å²) in [5.74, 6) is 2.54. The van der Waals surface area contributed by atoms with Crippen molar-refractivity contribution in [2.24, 2.45) is 17.8 Å². The largest absolute Gasteiger partial charge is 0.349 e. The van der Waals surface area contributed by atoms with E-state index in [1.54, 1.807) is 24.5 Å². The zero-order valence-corrected chi connectivity index (χ0v) is 12.2. The number of carbonyl (C=O) groups is 1. The van der Waals surface area contributed by atoms with Crippen molar-refractivity contribution < 1.29 is 4.79 Å². The monoisotopic (exact) mass is 272 g/mol. The Morgan fingerprint density at radius 2 is 2.05 bits per heavy atom. The molecule has 1 amide bonds. The van der Waals surface area contributed by atoms with Crippen molar-refractivity contribution in [2.75, 3.05) is 0 Å². The van der Waals surface area contributed by atoms with Crippen LogP contribution in [-0.4, -0.2) is 16.9 Å². The minimum absolute atomic E-state index is 0.0643. The van der Waals surface area contributed by atoms with Gasteiger partial charge in [-0.25, -0.2) is 0 Å². The van der Waals surface area contributed by atoms with Crippen LogP contribution in [0.5, 0.6) is 0 Å². The Kier molecular flexibility index (Phi) is 4.04. The minimum atomic E-state index is 0.0643. The van der Waals surface area contributed by atoms with Crippen LogP contribution in [0, 0.1) is 17.8 Å². The summed E-state index contributed by atoms with van der Waals surface area (Å²) in [7, 11) is 0. The van der Waals surface area contributed by atoms with Crippen molar-refractivity contribution in [2.45, 2.75) is 51.5 Å². The van der Waals surface area contributed by atoms with Crippen molar-refractivity contribution >= 4 is 5.91 Å². The topological polar surface area (TPSA) is 42.0 Å². The zero-order valence-electron chi connectivity index (χ0n) is 12.2. The van der Waals surface area contributed by atoms with Gasteiger partial charge in [0, 0.05) is 24.0 Å². The summed E-state index contributed by atoms with van der Waals surface area (Å²) in [6.45, 7) is 2.30. The lowest BCUT2D eigenvalue weighted by molar-refractivity contribution is 0.0766. The molecule has 1 aromatic rings. The number of rotatable bonds is 3. The number of amides is 1. The molecular weight excluding hydrogens is 248 g/mol. The molecule has 0 saturated heterocycles. The quantitative estimate of drug-likeness (QED) is 0.916. The van der Waals surface area contributed by atoms with E-state index in [2.05, 4.69) is 17.2 Å². The van der Waals surface area contributed by atoms with Crippen molar-refractivity contribution in [3.8, 4) is 0 Å². The predicted molar refractivity (Wildman–Crippen MR) is 79.3 cm³/mol. The Balaban J connectivity index is 1.64. The molecule has 2 fully saturated rings. The van der Waals surface area contributed by atoms with Crippen LogP contribution in [0.25, 0.3) is 0 Å². The van der Waals surface area contributed by atoms with E-state index in [9.17, 15) is 4.79 Å². The van der Waals surface area contributed by atoms with Crippen LogP contribution in [0.2, 0.25) is 0 Å². The third-order valence-electron chi connectivity index (χ3n) is 5.23. The number of nitrogens with one attached hydrogen (secondary N) is 1. The van der Waals surface area contributed by atoms with Gasteiger partial charge in [0.1, 0.15) is 0 Å². The first-order valence-electron chi connectivity index (χ1n) is 7.97. The minimum Gasteiger partial charge on any atom is -0.349 e. The van der Waals surface area contributed by atoms with Crippen LogP contribution in [-0.2, 0) is 0 Å². The number of fused-ring (bicyclic) bond motifs is 2. The first-order chi connectivity index (χ1) is 9.76. The molecular formula is C17H24N2O. The Morgan fingerprint density at radius 3 is 2.80 bits per heavy atom. The zero-order chi connectivity index (χ0) is 13.9. The normalized spacial score (nSPS) is 32.6. The highest BCUT2D eigenvalue weighted by Crippen LogP contribution is 2.43. The summed E-state index contributed by atoms with van der Waals surface area (Å²) in [5.41, 5.74) is 0.727. The second kappa shape index (κ2) is 5.94. The first kappa shape index (κ1) is 13.6. The second-order valence-corrected chi connectivity index (χ2v) is 6.50. The average molecular weight is 272 g/mol. The van der Waals surface area contributed by atoms with E-state index >= 15 is 0 Å². The number of carbonyl (C=O) groups excluding carboxylic acids is 1. The average Bonchev–Trinajstić information content (AvgIpc) is 2.50. The van der Waals surface area contributed by atoms with Crippen molar-refractivity contribution in [1.29, 1.82) is 0 Å². The van der Waals surface area contributed by atoms with Gasteiger partial charge in [-0.05, 0) is 62.0 Å². The van der Waals surface area contributed by atoms with Gasteiger partial charge >= 0.3 is 0 Å². The highest BCUT2D eigenvalue weighted by molar-refractivity contribution is 5.94. The van der Waals surface area contributed by atoms with Gasteiger partial charge in [0.05, 0.1) is 0 Å². The molecule has 3 nitrogen and oxygen atoms in total. The van der Waals surface area contributed by atoms with Crippen molar-refractivity contribution in [3.05, 3.63) is 30.1 Å². The predicted octanol–water partition coefficient (Wildman–Crippen LogP) is 3.42. The summed E-state index contributed by atoms with van der Waals surface area (Å²) in [6, 6.07) is 3.95. The molecule has 0 aromatic carbocycles. The van der Waals surface area contributed by atoms with Crippen LogP contribution >= 0.6 is 0 Å². The van der Waals surface area contributed by atoms with Gasteiger partial charge < -0.3 is 5.32 Å². The molecule has 4 unspecified atom stereocenters. The van der Waals surface area contributed by atoms with Crippen molar-refractivity contribution in [3.63, 3.8) is 0 Å². The Hall–Kier alpha value is -1.38. The van der Waals surface area contributed by atoms with Gasteiger partial charge in [-0.1, -0.05) is 13.3 Å². The second-order valence-electron chi connectivity index (χ2n) is 6.50. The lowest BCUT2D eigenvalue weighted by atomic mass is 9.65. The van der Waals surface area contributed by atoms with E-state index in [-0.39, 0.29) is 5.91 Å². The highest BCUT2D eigenvalue weighted by Gasteiger charge is 2.37. The lowest BCUT2D eigenvalue weighted by Crippen LogP contribution is -2.46. The van der Waals surface area contributed by atoms with Crippen LogP contribution in [0.4, 0.5) is 0 Å². The van der Waals surface area contributed by atoms with Crippen LogP contribution < -0.4 is 5.32 Å². The maximum atomic E-state index is 12.3. The molecule has 20 heavy (non-hydrogen) atoms. The maximum Gasteiger partial charge on any atom is 0.251 e. The third-order valence-corrected chi connectivity index (χ3v) is 5.23. The molecule has 3 rings (SSSR count). The van der Waals surface area contributed by atoms with Crippen molar-refractivity contribution in [1.82, 2.24) is 10.3 Å². The first-order valence-corrected chi connectivity index (χ1v) is 7.97. The molecule has 1 aromatic heterocycles. The summed E-state index contributed by atoms with van der Waals surface area (Å²) in [5, 5.41) is 3.27. The van der Waals surface area contributed by atoms with E-state index in [0.29, 0.717) is 12.0 Å². The number of hydrogen-bond acceptors (Lipinski definition) is 2. The molecule has 4 atom stereocenters. The fraction of sp³-hybridized carbons (Fsp3) is 0.647. The standard InChI is InChI=1S/C17H24N2O/c1-2-12-9-13-3-4-16(15(10-12)11-13)19-17(20)14-5-7-18-8-6-14/h5-8,12-13,15-16H,2-4,9-11H2,1H3,(H,19,20). The van der Waals surface area contributed by atoms with E-state index in [1.807, 2.05) is 0 Å². The Morgan fingerprint density at radius 1 is 1.25 bits per heavy atom. The van der Waals surface area contributed by atoms with Gasteiger partial charge in [0.25, 0.3) is 5.91 Å². The molecule has 108 valence electrons. The smallest absolute Gasteiger partial charge is 0.251 e. The van der Waals surface area contributed by atoms with E-state index in [0.717, 1.165) is 23.8 Å². The molecule has 0 spiro atoms. The molecule has 0 aliphatic heterocycles. The van der Waals surface area contributed by atoms with E-state index in [1.165, 1.54) is 32.1 Å². The molecule has 2 bridgehead atoms. The molecule has 1 N–H and O–H groups in total. The summed E-state index contributed by atoms with van der Waals surface area (Å²) in [4.78, 5) is 16.3. The fourth-order valence-electron chi connectivity index (χ4n) is 4.11. The third kappa shape index (κ3) is 2.87. The highest BCUT2D eigenvalue weighted by atomic mass is 16.1. The molecule has 2 saturated carbocycles. The molecule has 1 heterocycles. The van der Waals surface area contributed by atoms with Gasteiger partial charge in [-0.2, -0.15) is 0 Å². The number of pyridine rings is 1. The van der Waals surface area contributed by atoms with Gasteiger partial charge in [-0.3, -0.25) is 9.78 Å². The van der Waals surface area contributed by atoms with Crippen LogP contribution in [0.1, 0.15) is 55.8 Å². The lowest BCUT2D eigenvalue weighted by Gasteiger charge is -2.43. The van der Waals surface area contributed by atoms with Gasteiger partial charge in [0.15, 0.2) is 0 Å². The molecule has 0 radical (unpaired) electrons. The Labute approximate surface area is 121 Å². The van der Waals surface area contributed by atoms with Crippen LogP contribution in [0.15, 0.2) is 24.5 Å². The van der Waals surface area contributed by atoms with Gasteiger partial charge in [0.2, 0.25) is 0 Å². The maximum absolute atomic E-state index is 12.3. The molecule has 2 aliphatic rings.